The molecule has 1 aliphatic rings. The number of nitrogens with one attached hydrogen (secondary N) is 3. The van der Waals surface area contributed by atoms with Gasteiger partial charge in [0.05, 0.1) is 0 Å². The summed E-state index contributed by atoms with van der Waals surface area (Å²) in [4.78, 5) is 0.164. The van der Waals surface area contributed by atoms with Gasteiger partial charge in [-0.05, 0) is 0 Å². The molecule has 0 amide bonds. The molecule has 0 atom stereocenters. The van der Waals surface area contributed by atoms with Crippen molar-refractivity contribution in [3.63, 3.8) is 0 Å². The summed E-state index contributed by atoms with van der Waals surface area (Å²) in [6, 6.07) is 0. The van der Waals surface area contributed by atoms with Crippen molar-refractivity contribution in [3.05, 3.63) is 0 Å². The molecular weight excluding hydrogens is 435 g/mol. The van der Waals surface area contributed by atoms with E-state index in [0.29, 0.717) is 0 Å². The zero-order chi connectivity index (χ0) is 22.8. The molecule has 0 spiro atoms. The lowest BCUT2D eigenvalue weighted by Crippen LogP contribution is -2.51. The Labute approximate surface area is 168 Å². The SMILES string of the molecule is FC(F)(F)N1CCNCCNCCN(C(F)(F)F)CCN(C(F)(F)F)CCNCC1. The molecular formula is C15H27F9N6. The van der Waals surface area contributed by atoms with Crippen molar-refractivity contribution in [2.24, 2.45) is 0 Å². The number of alkyl halides is 9. The van der Waals surface area contributed by atoms with Gasteiger partial charge in [-0.25, -0.2) is 14.7 Å². The first kappa shape index (κ1) is 27.2. The van der Waals surface area contributed by atoms with Gasteiger partial charge in [-0.2, -0.15) is 39.5 Å². The van der Waals surface area contributed by atoms with Gasteiger partial charge in [0.2, 0.25) is 0 Å². The summed E-state index contributed by atoms with van der Waals surface area (Å²) < 4.78 is 117. The molecule has 1 fully saturated rings. The van der Waals surface area contributed by atoms with Crippen LogP contribution in [-0.4, -0.2) is 112 Å². The zero-order valence-electron chi connectivity index (χ0n) is 16.2. The molecule has 15 heteroatoms. The van der Waals surface area contributed by atoms with E-state index in [4.69, 9.17) is 0 Å². The van der Waals surface area contributed by atoms with E-state index in [9.17, 15) is 39.5 Å². The molecule has 3 N–H and O–H groups in total. The molecule has 1 saturated heterocycles. The molecule has 0 aliphatic carbocycles. The van der Waals surface area contributed by atoms with Gasteiger partial charge in [-0.3, -0.25) is 0 Å². The Morgan fingerprint density at radius 2 is 0.600 bits per heavy atom. The van der Waals surface area contributed by atoms with Gasteiger partial charge < -0.3 is 16.0 Å². The lowest BCUT2D eigenvalue weighted by molar-refractivity contribution is -0.265. The molecule has 0 aromatic carbocycles. The molecule has 0 unspecified atom stereocenters. The molecule has 180 valence electrons. The minimum Gasteiger partial charge on any atom is -0.314 e. The Balaban J connectivity index is 2.75. The summed E-state index contributed by atoms with van der Waals surface area (Å²) >= 11 is 0. The predicted octanol–water partition coefficient (Wildman–Crippen LogP) is 1.23. The lowest BCUT2D eigenvalue weighted by Gasteiger charge is -2.30. The average molecular weight is 462 g/mol. The summed E-state index contributed by atoms with van der Waals surface area (Å²) in [6.45, 7) is -4.09. The molecule has 1 aliphatic heterocycles. The van der Waals surface area contributed by atoms with Crippen LogP contribution in [0.5, 0.6) is 0 Å². The highest BCUT2D eigenvalue weighted by Gasteiger charge is 2.41. The summed E-state index contributed by atoms with van der Waals surface area (Å²) in [5.41, 5.74) is 0. The minimum absolute atomic E-state index is 0.00226. The molecule has 6 nitrogen and oxygen atoms in total. The third kappa shape index (κ3) is 10.9. The quantitative estimate of drug-likeness (QED) is 0.372. The van der Waals surface area contributed by atoms with Crippen molar-refractivity contribution in [2.45, 2.75) is 18.9 Å². The third-order valence-corrected chi connectivity index (χ3v) is 4.43. The summed E-state index contributed by atoms with van der Waals surface area (Å²) in [5, 5.41) is 7.94. The second kappa shape index (κ2) is 12.2. The monoisotopic (exact) mass is 462 g/mol. The van der Waals surface area contributed by atoms with Gasteiger partial charge in [0.15, 0.2) is 0 Å². The Kier molecular flexibility index (Phi) is 11.1. The van der Waals surface area contributed by atoms with E-state index in [-0.39, 0.29) is 60.5 Å². The van der Waals surface area contributed by atoms with Gasteiger partial charge in [-0.1, -0.05) is 0 Å². The Bertz CT molecular complexity index is 469. The smallest absolute Gasteiger partial charge is 0.314 e. The molecule has 0 aromatic rings. The van der Waals surface area contributed by atoms with Gasteiger partial charge in [0, 0.05) is 78.5 Å². The van der Waals surface area contributed by atoms with Gasteiger partial charge >= 0.3 is 18.9 Å². The molecule has 0 radical (unpaired) electrons. The van der Waals surface area contributed by atoms with Crippen LogP contribution in [-0.2, 0) is 0 Å². The van der Waals surface area contributed by atoms with Crippen LogP contribution in [0, 0.1) is 0 Å². The molecule has 0 bridgehead atoms. The fraction of sp³-hybridized carbons (Fsp3) is 1.00. The summed E-state index contributed by atoms with van der Waals surface area (Å²) in [6.07, 6.45) is -14.2. The van der Waals surface area contributed by atoms with E-state index in [1.54, 1.807) is 0 Å². The average Bonchev–Trinajstić information content (AvgIpc) is 2.58. The van der Waals surface area contributed by atoms with Crippen LogP contribution in [0.1, 0.15) is 0 Å². The Morgan fingerprint density at radius 3 is 0.867 bits per heavy atom. The van der Waals surface area contributed by atoms with E-state index in [2.05, 4.69) is 16.0 Å². The minimum atomic E-state index is -4.86. The maximum absolute atomic E-state index is 13.1. The van der Waals surface area contributed by atoms with Crippen molar-refractivity contribution in [1.82, 2.24) is 30.7 Å². The number of halogens is 9. The number of rotatable bonds is 0. The van der Waals surface area contributed by atoms with Crippen LogP contribution in [0.15, 0.2) is 0 Å². The van der Waals surface area contributed by atoms with Gasteiger partial charge in [0.1, 0.15) is 0 Å². The van der Waals surface area contributed by atoms with E-state index < -0.39 is 51.6 Å². The van der Waals surface area contributed by atoms with E-state index in [0.717, 1.165) is 0 Å². The standard InChI is InChI=1S/C15H27F9N6/c16-13(17,18)28-7-3-25-1-2-26-4-9-29(14(19,20)21)11-12-30(15(22,23)24)10-6-27-5-8-28/h25-27H,1-12H2. The van der Waals surface area contributed by atoms with E-state index >= 15 is 0 Å². The van der Waals surface area contributed by atoms with Gasteiger partial charge in [0.25, 0.3) is 0 Å². The number of nitrogens with zero attached hydrogens (tertiary/aromatic N) is 3. The van der Waals surface area contributed by atoms with Crippen LogP contribution < -0.4 is 16.0 Å². The molecule has 1 rings (SSSR count). The van der Waals surface area contributed by atoms with E-state index in [1.165, 1.54) is 0 Å². The third-order valence-electron chi connectivity index (χ3n) is 4.43. The first-order valence-electron chi connectivity index (χ1n) is 9.39. The Morgan fingerprint density at radius 1 is 0.367 bits per heavy atom. The molecule has 0 aromatic heterocycles. The first-order chi connectivity index (χ1) is 13.8. The lowest BCUT2D eigenvalue weighted by atomic mass is 10.4. The molecule has 1 heterocycles. The number of hydrogen-bond donors (Lipinski definition) is 3. The molecule has 0 saturated carbocycles. The van der Waals surface area contributed by atoms with E-state index in [1.807, 2.05) is 0 Å². The highest BCUT2D eigenvalue weighted by atomic mass is 19.4. The number of hydrogen-bond acceptors (Lipinski definition) is 6. The highest BCUT2D eigenvalue weighted by molar-refractivity contribution is 4.71. The van der Waals surface area contributed by atoms with Gasteiger partial charge in [-0.15, -0.1) is 0 Å². The maximum atomic E-state index is 13.1. The zero-order valence-corrected chi connectivity index (χ0v) is 16.2. The summed E-state index contributed by atoms with van der Waals surface area (Å²) in [5.74, 6) is 0. The Hall–Kier alpha value is -0.870. The highest BCUT2D eigenvalue weighted by Crippen LogP contribution is 2.24. The first-order valence-corrected chi connectivity index (χ1v) is 9.39. The fourth-order valence-electron chi connectivity index (χ4n) is 2.75. The summed E-state index contributed by atoms with van der Waals surface area (Å²) in [7, 11) is 0. The van der Waals surface area contributed by atoms with Crippen LogP contribution in [0.4, 0.5) is 39.5 Å². The van der Waals surface area contributed by atoms with Crippen LogP contribution in [0.25, 0.3) is 0 Å². The van der Waals surface area contributed by atoms with Crippen molar-refractivity contribution in [1.29, 1.82) is 0 Å². The normalized spacial score (nSPS) is 23.1. The van der Waals surface area contributed by atoms with Crippen LogP contribution in [0.2, 0.25) is 0 Å². The topological polar surface area (TPSA) is 45.8 Å². The van der Waals surface area contributed by atoms with Crippen LogP contribution in [0.3, 0.4) is 0 Å². The van der Waals surface area contributed by atoms with Crippen molar-refractivity contribution >= 4 is 0 Å². The second-order valence-corrected chi connectivity index (χ2v) is 6.61. The predicted molar refractivity (Wildman–Crippen MR) is 91.5 cm³/mol. The van der Waals surface area contributed by atoms with Crippen molar-refractivity contribution < 1.29 is 39.5 Å². The van der Waals surface area contributed by atoms with Crippen LogP contribution >= 0.6 is 0 Å². The van der Waals surface area contributed by atoms with Crippen molar-refractivity contribution in [2.75, 3.05) is 78.5 Å². The van der Waals surface area contributed by atoms with Crippen molar-refractivity contribution in [3.8, 4) is 0 Å². The second-order valence-electron chi connectivity index (χ2n) is 6.61. The molecule has 30 heavy (non-hydrogen) atoms. The maximum Gasteiger partial charge on any atom is 0.460 e. The fourth-order valence-corrected chi connectivity index (χ4v) is 2.75. The largest absolute Gasteiger partial charge is 0.460 e.